The summed E-state index contributed by atoms with van der Waals surface area (Å²) in [6, 6.07) is 2.66. The van der Waals surface area contributed by atoms with Crippen LogP contribution in [0.1, 0.15) is 17.3 Å². The fourth-order valence-corrected chi connectivity index (χ4v) is 1.86. The zero-order chi connectivity index (χ0) is 12.4. The van der Waals surface area contributed by atoms with E-state index in [4.69, 9.17) is 5.11 Å². The van der Waals surface area contributed by atoms with Gasteiger partial charge in [0, 0.05) is 19.3 Å². The van der Waals surface area contributed by atoms with Crippen molar-refractivity contribution in [1.29, 1.82) is 0 Å². The molecule has 0 spiro atoms. The normalized spacial score (nSPS) is 19.9. The van der Waals surface area contributed by atoms with Crippen molar-refractivity contribution >= 4 is 17.7 Å². The Kier molecular flexibility index (Phi) is 2.95. The summed E-state index contributed by atoms with van der Waals surface area (Å²) in [4.78, 5) is 28.4. The molecule has 2 heterocycles. The molecule has 90 valence electrons. The second-order valence-electron chi connectivity index (χ2n) is 3.84. The maximum atomic E-state index is 11.5. The number of carboxylic acids is 1. The SMILES string of the molecule is C[C@@H]1C(=O)NCCN1c1ncccc1C(=O)O. The average molecular weight is 235 g/mol. The maximum Gasteiger partial charge on any atom is 0.339 e. The van der Waals surface area contributed by atoms with Crippen LogP contribution in [-0.4, -0.2) is 41.1 Å². The summed E-state index contributed by atoms with van der Waals surface area (Å²) in [5.74, 6) is -0.799. The van der Waals surface area contributed by atoms with Crippen molar-refractivity contribution in [3.05, 3.63) is 23.9 Å². The van der Waals surface area contributed by atoms with Gasteiger partial charge in [-0.05, 0) is 19.1 Å². The summed E-state index contributed by atoms with van der Waals surface area (Å²) in [5.41, 5.74) is 0.119. The molecule has 0 bridgehead atoms. The third kappa shape index (κ3) is 2.06. The Hall–Kier alpha value is -2.11. The van der Waals surface area contributed by atoms with Gasteiger partial charge in [0.15, 0.2) is 0 Å². The van der Waals surface area contributed by atoms with Crippen LogP contribution in [-0.2, 0) is 4.79 Å². The number of nitrogens with one attached hydrogen (secondary N) is 1. The van der Waals surface area contributed by atoms with E-state index >= 15 is 0 Å². The molecule has 6 nitrogen and oxygen atoms in total. The lowest BCUT2D eigenvalue weighted by molar-refractivity contribution is -0.122. The fraction of sp³-hybridized carbons (Fsp3) is 0.364. The number of amides is 1. The number of rotatable bonds is 2. The molecule has 1 aromatic heterocycles. The number of aromatic carboxylic acids is 1. The van der Waals surface area contributed by atoms with Crippen LogP contribution in [0.3, 0.4) is 0 Å². The smallest absolute Gasteiger partial charge is 0.339 e. The molecule has 0 radical (unpaired) electrons. The number of carbonyl (C=O) groups excluding carboxylic acids is 1. The Morgan fingerprint density at radius 1 is 1.65 bits per heavy atom. The van der Waals surface area contributed by atoms with Gasteiger partial charge in [-0.15, -0.1) is 0 Å². The van der Waals surface area contributed by atoms with E-state index in [1.807, 2.05) is 0 Å². The van der Waals surface area contributed by atoms with E-state index in [0.29, 0.717) is 18.9 Å². The van der Waals surface area contributed by atoms with Crippen LogP contribution < -0.4 is 10.2 Å². The second-order valence-corrected chi connectivity index (χ2v) is 3.84. The maximum absolute atomic E-state index is 11.5. The van der Waals surface area contributed by atoms with Crippen LogP contribution in [0.15, 0.2) is 18.3 Å². The summed E-state index contributed by atoms with van der Waals surface area (Å²) in [6.07, 6.45) is 1.53. The molecular formula is C11H13N3O3. The van der Waals surface area contributed by atoms with Crippen LogP contribution in [0.4, 0.5) is 5.82 Å². The molecule has 6 heteroatoms. The number of carboxylic acid groups (broad SMARTS) is 1. The number of nitrogens with zero attached hydrogens (tertiary/aromatic N) is 2. The van der Waals surface area contributed by atoms with E-state index in [-0.39, 0.29) is 11.5 Å². The van der Waals surface area contributed by atoms with Crippen molar-refractivity contribution in [1.82, 2.24) is 10.3 Å². The van der Waals surface area contributed by atoms with E-state index in [1.165, 1.54) is 12.3 Å². The molecule has 1 amide bonds. The minimum Gasteiger partial charge on any atom is -0.478 e. The topological polar surface area (TPSA) is 82.5 Å². The van der Waals surface area contributed by atoms with Crippen LogP contribution in [0.5, 0.6) is 0 Å². The Morgan fingerprint density at radius 3 is 3.12 bits per heavy atom. The third-order valence-electron chi connectivity index (χ3n) is 2.79. The summed E-state index contributed by atoms with van der Waals surface area (Å²) in [7, 11) is 0. The van der Waals surface area contributed by atoms with Crippen LogP contribution in [0, 0.1) is 0 Å². The van der Waals surface area contributed by atoms with Gasteiger partial charge >= 0.3 is 5.97 Å². The zero-order valence-electron chi connectivity index (χ0n) is 9.38. The molecular weight excluding hydrogens is 222 g/mol. The van der Waals surface area contributed by atoms with Gasteiger partial charge in [0.1, 0.15) is 17.4 Å². The Balaban J connectivity index is 2.39. The zero-order valence-corrected chi connectivity index (χ0v) is 9.38. The lowest BCUT2D eigenvalue weighted by Gasteiger charge is -2.34. The number of carbonyl (C=O) groups is 2. The molecule has 2 rings (SSSR count). The standard InChI is InChI=1S/C11H13N3O3/c1-7-10(15)13-5-6-14(7)9-8(11(16)17)3-2-4-12-9/h2-4,7H,5-6H2,1H3,(H,13,15)(H,16,17)/t7-/m1/s1. The van der Waals surface area contributed by atoms with Crippen LogP contribution in [0.25, 0.3) is 0 Å². The molecule has 1 atom stereocenters. The Bertz CT molecular complexity index is 461. The van der Waals surface area contributed by atoms with Gasteiger partial charge in [-0.3, -0.25) is 4.79 Å². The number of piperazine rings is 1. The monoisotopic (exact) mass is 235 g/mol. The first-order valence-corrected chi connectivity index (χ1v) is 5.34. The molecule has 2 N–H and O–H groups in total. The first-order chi connectivity index (χ1) is 8.11. The summed E-state index contributed by atoms with van der Waals surface area (Å²) >= 11 is 0. The highest BCUT2D eigenvalue weighted by Crippen LogP contribution is 2.20. The first kappa shape index (κ1) is 11.4. The van der Waals surface area contributed by atoms with Crippen molar-refractivity contribution in [2.45, 2.75) is 13.0 Å². The van der Waals surface area contributed by atoms with E-state index in [1.54, 1.807) is 17.9 Å². The lowest BCUT2D eigenvalue weighted by Crippen LogP contribution is -2.54. The summed E-state index contributed by atoms with van der Waals surface area (Å²) in [6.45, 7) is 2.79. The van der Waals surface area contributed by atoms with E-state index in [0.717, 1.165) is 0 Å². The second kappa shape index (κ2) is 4.40. The van der Waals surface area contributed by atoms with Crippen molar-refractivity contribution in [3.8, 4) is 0 Å². The summed E-state index contributed by atoms with van der Waals surface area (Å²) < 4.78 is 0. The van der Waals surface area contributed by atoms with Crippen molar-refractivity contribution in [2.24, 2.45) is 0 Å². The highest BCUT2D eigenvalue weighted by molar-refractivity contribution is 5.95. The molecule has 0 saturated carbocycles. The largest absolute Gasteiger partial charge is 0.478 e. The van der Waals surface area contributed by atoms with E-state index in [2.05, 4.69) is 10.3 Å². The number of anilines is 1. The lowest BCUT2D eigenvalue weighted by atomic mass is 10.1. The van der Waals surface area contributed by atoms with Crippen molar-refractivity contribution in [2.75, 3.05) is 18.0 Å². The van der Waals surface area contributed by atoms with E-state index in [9.17, 15) is 9.59 Å². The van der Waals surface area contributed by atoms with Gasteiger partial charge < -0.3 is 15.3 Å². The van der Waals surface area contributed by atoms with Crippen LogP contribution >= 0.6 is 0 Å². The summed E-state index contributed by atoms with van der Waals surface area (Å²) in [5, 5.41) is 11.8. The average Bonchev–Trinajstić information content (AvgIpc) is 2.33. The van der Waals surface area contributed by atoms with Crippen molar-refractivity contribution < 1.29 is 14.7 Å². The van der Waals surface area contributed by atoms with Crippen LogP contribution in [0.2, 0.25) is 0 Å². The fourth-order valence-electron chi connectivity index (χ4n) is 1.86. The highest BCUT2D eigenvalue weighted by atomic mass is 16.4. The predicted molar refractivity (Wildman–Crippen MR) is 61.0 cm³/mol. The third-order valence-corrected chi connectivity index (χ3v) is 2.79. The molecule has 1 aliphatic heterocycles. The van der Waals surface area contributed by atoms with Gasteiger partial charge in [0.05, 0.1) is 0 Å². The molecule has 1 aromatic rings. The molecule has 0 unspecified atom stereocenters. The molecule has 1 aliphatic rings. The molecule has 17 heavy (non-hydrogen) atoms. The minimum absolute atomic E-state index is 0.113. The first-order valence-electron chi connectivity index (χ1n) is 5.34. The minimum atomic E-state index is -1.04. The number of hydrogen-bond acceptors (Lipinski definition) is 4. The Labute approximate surface area is 98.3 Å². The number of pyridine rings is 1. The van der Waals surface area contributed by atoms with Gasteiger partial charge in [-0.1, -0.05) is 0 Å². The molecule has 0 aliphatic carbocycles. The highest BCUT2D eigenvalue weighted by Gasteiger charge is 2.29. The number of hydrogen-bond donors (Lipinski definition) is 2. The predicted octanol–water partition coefficient (Wildman–Crippen LogP) is 0.104. The Morgan fingerprint density at radius 2 is 2.41 bits per heavy atom. The van der Waals surface area contributed by atoms with Crippen molar-refractivity contribution in [3.63, 3.8) is 0 Å². The molecule has 0 aromatic carbocycles. The van der Waals surface area contributed by atoms with Gasteiger partial charge in [0.2, 0.25) is 5.91 Å². The van der Waals surface area contributed by atoms with Gasteiger partial charge in [-0.25, -0.2) is 9.78 Å². The van der Waals surface area contributed by atoms with E-state index < -0.39 is 12.0 Å². The molecule has 1 fully saturated rings. The quantitative estimate of drug-likeness (QED) is 0.760. The van der Waals surface area contributed by atoms with Gasteiger partial charge in [0.25, 0.3) is 0 Å². The number of aromatic nitrogens is 1. The van der Waals surface area contributed by atoms with Gasteiger partial charge in [-0.2, -0.15) is 0 Å². The molecule has 1 saturated heterocycles.